The predicted molar refractivity (Wildman–Crippen MR) is 80.7 cm³/mol. The minimum absolute atomic E-state index is 0.0684. The number of carbonyl (C=O) groups excluding carboxylic acids is 1. The van der Waals surface area contributed by atoms with Gasteiger partial charge in [0.1, 0.15) is 11.3 Å². The Kier molecular flexibility index (Phi) is 6.10. The maximum absolute atomic E-state index is 12.4. The zero-order valence-electron chi connectivity index (χ0n) is 12.8. The molecule has 0 unspecified atom stereocenters. The smallest absolute Gasteiger partial charge is 0.305 e. The molecule has 0 heterocycles. The van der Waals surface area contributed by atoms with Gasteiger partial charge in [-0.1, -0.05) is 6.07 Å². The molecule has 1 amide bonds. The average Bonchev–Trinajstić information content (AvgIpc) is 2.44. The van der Waals surface area contributed by atoms with Crippen LogP contribution in [0.25, 0.3) is 0 Å². The summed E-state index contributed by atoms with van der Waals surface area (Å²) < 4.78 is 5.38. The van der Waals surface area contributed by atoms with Gasteiger partial charge in [-0.05, 0) is 26.0 Å². The van der Waals surface area contributed by atoms with Crippen molar-refractivity contribution in [3.8, 4) is 0 Å². The van der Waals surface area contributed by atoms with E-state index in [1.54, 1.807) is 26.2 Å². The van der Waals surface area contributed by atoms with Gasteiger partial charge in [0.25, 0.3) is 5.91 Å². The monoisotopic (exact) mass is 295 g/mol. The highest BCUT2D eigenvalue weighted by molar-refractivity contribution is 6.00. The number of ether oxygens (including phenoxy) is 1. The van der Waals surface area contributed by atoms with E-state index in [0.29, 0.717) is 18.8 Å². The van der Waals surface area contributed by atoms with Crippen LogP contribution in [-0.4, -0.2) is 49.1 Å². The average molecular weight is 295 g/mol. The zero-order valence-corrected chi connectivity index (χ0v) is 12.8. The van der Waals surface area contributed by atoms with E-state index in [0.717, 1.165) is 0 Å². The number of anilines is 1. The van der Waals surface area contributed by atoms with Crippen LogP contribution in [0.15, 0.2) is 18.2 Å². The summed E-state index contributed by atoms with van der Waals surface area (Å²) >= 11 is 0. The number of nitro groups is 1. The molecule has 21 heavy (non-hydrogen) atoms. The van der Waals surface area contributed by atoms with Gasteiger partial charge in [-0.2, -0.15) is 0 Å². The summed E-state index contributed by atoms with van der Waals surface area (Å²) in [7, 11) is 3.18. The second-order valence-corrected chi connectivity index (χ2v) is 4.86. The lowest BCUT2D eigenvalue weighted by atomic mass is 10.1. The molecular formula is C14H21N3O4. The van der Waals surface area contributed by atoms with Crippen molar-refractivity contribution in [2.75, 3.05) is 32.6 Å². The van der Waals surface area contributed by atoms with E-state index in [1.807, 2.05) is 13.8 Å². The first-order valence-electron chi connectivity index (χ1n) is 6.70. The molecule has 0 bridgehead atoms. The van der Waals surface area contributed by atoms with Crippen LogP contribution in [0.3, 0.4) is 0 Å². The Morgan fingerprint density at radius 3 is 2.67 bits per heavy atom. The molecule has 0 aliphatic heterocycles. The van der Waals surface area contributed by atoms with Gasteiger partial charge in [0.15, 0.2) is 0 Å². The van der Waals surface area contributed by atoms with E-state index in [9.17, 15) is 14.9 Å². The van der Waals surface area contributed by atoms with Gasteiger partial charge in [0, 0.05) is 20.6 Å². The molecular weight excluding hydrogens is 274 g/mol. The lowest BCUT2D eigenvalue weighted by molar-refractivity contribution is -0.384. The van der Waals surface area contributed by atoms with Crippen LogP contribution in [0, 0.1) is 10.1 Å². The molecule has 0 aliphatic rings. The molecule has 116 valence electrons. The Morgan fingerprint density at radius 1 is 1.48 bits per heavy atom. The predicted octanol–water partition coefficient (Wildman–Crippen LogP) is 2.13. The van der Waals surface area contributed by atoms with Gasteiger partial charge in [-0.15, -0.1) is 0 Å². The number of nitrogens with one attached hydrogen (secondary N) is 1. The first kappa shape index (κ1) is 16.9. The van der Waals surface area contributed by atoms with Crippen molar-refractivity contribution in [2.24, 2.45) is 0 Å². The summed E-state index contributed by atoms with van der Waals surface area (Å²) in [6.07, 6.45) is 0.0791. The van der Waals surface area contributed by atoms with E-state index in [-0.39, 0.29) is 17.4 Å². The van der Waals surface area contributed by atoms with Crippen LogP contribution < -0.4 is 5.32 Å². The molecule has 0 fully saturated rings. The number of likely N-dealkylation sites (N-methyl/N-ethyl adjacent to an activating group) is 1. The molecule has 0 aliphatic carbocycles. The first-order valence-corrected chi connectivity index (χ1v) is 6.70. The standard InChI is InChI=1S/C14H21N3O4/c1-10(2)21-9-8-16(4)14(18)11-6-5-7-12(15-3)13(11)17(19)20/h5-7,10,15H,8-9H2,1-4H3. The number of nitro benzene ring substituents is 1. The van der Waals surface area contributed by atoms with Crippen molar-refractivity contribution < 1.29 is 14.5 Å². The van der Waals surface area contributed by atoms with Crippen LogP contribution in [0.1, 0.15) is 24.2 Å². The minimum atomic E-state index is -0.544. The SMILES string of the molecule is CNc1cccc(C(=O)N(C)CCOC(C)C)c1[N+](=O)[O-]. The summed E-state index contributed by atoms with van der Waals surface area (Å²) in [6.45, 7) is 4.57. The molecule has 1 aromatic rings. The normalized spacial score (nSPS) is 10.5. The Bertz CT molecular complexity index is 517. The van der Waals surface area contributed by atoms with Crippen LogP contribution >= 0.6 is 0 Å². The van der Waals surface area contributed by atoms with Gasteiger partial charge in [-0.25, -0.2) is 0 Å². The number of hydrogen-bond acceptors (Lipinski definition) is 5. The van der Waals surface area contributed by atoms with Gasteiger partial charge in [-0.3, -0.25) is 14.9 Å². The molecule has 1 N–H and O–H groups in total. The third-order valence-electron chi connectivity index (χ3n) is 2.94. The van der Waals surface area contributed by atoms with Gasteiger partial charge in [0.2, 0.25) is 0 Å². The second-order valence-electron chi connectivity index (χ2n) is 4.86. The van der Waals surface area contributed by atoms with Crippen molar-refractivity contribution in [2.45, 2.75) is 20.0 Å². The fourth-order valence-corrected chi connectivity index (χ4v) is 1.85. The number of carbonyl (C=O) groups is 1. The van der Waals surface area contributed by atoms with Crippen LogP contribution in [0.5, 0.6) is 0 Å². The van der Waals surface area contributed by atoms with E-state index >= 15 is 0 Å². The fraction of sp³-hybridized carbons (Fsp3) is 0.500. The van der Waals surface area contributed by atoms with Gasteiger partial charge in [0.05, 0.1) is 17.6 Å². The molecule has 0 spiro atoms. The number of benzene rings is 1. The van der Waals surface area contributed by atoms with Crippen molar-refractivity contribution in [3.05, 3.63) is 33.9 Å². The Morgan fingerprint density at radius 2 is 2.14 bits per heavy atom. The summed E-state index contributed by atoms with van der Waals surface area (Å²) in [5.41, 5.74) is 0.179. The summed E-state index contributed by atoms with van der Waals surface area (Å²) in [5, 5.41) is 13.9. The molecule has 0 saturated carbocycles. The van der Waals surface area contributed by atoms with Crippen LogP contribution in [0.2, 0.25) is 0 Å². The molecule has 0 aromatic heterocycles. The molecule has 7 heteroatoms. The first-order chi connectivity index (χ1) is 9.88. The summed E-state index contributed by atoms with van der Waals surface area (Å²) in [6, 6.07) is 4.64. The second kappa shape index (κ2) is 7.58. The van der Waals surface area contributed by atoms with E-state index < -0.39 is 10.8 Å². The third-order valence-corrected chi connectivity index (χ3v) is 2.94. The van der Waals surface area contributed by atoms with E-state index in [1.165, 1.54) is 11.0 Å². The Hall–Kier alpha value is -2.15. The maximum Gasteiger partial charge on any atom is 0.305 e. The molecule has 0 atom stereocenters. The lowest BCUT2D eigenvalue weighted by Gasteiger charge is -2.18. The van der Waals surface area contributed by atoms with Crippen LogP contribution in [-0.2, 0) is 4.74 Å². The highest BCUT2D eigenvalue weighted by Gasteiger charge is 2.25. The molecule has 0 saturated heterocycles. The van der Waals surface area contributed by atoms with Crippen molar-refractivity contribution in [3.63, 3.8) is 0 Å². The lowest BCUT2D eigenvalue weighted by Crippen LogP contribution is -2.31. The fourth-order valence-electron chi connectivity index (χ4n) is 1.85. The van der Waals surface area contributed by atoms with E-state index in [4.69, 9.17) is 4.74 Å². The molecule has 1 rings (SSSR count). The number of hydrogen-bond donors (Lipinski definition) is 1. The summed E-state index contributed by atoms with van der Waals surface area (Å²) in [4.78, 5) is 24.4. The largest absolute Gasteiger partial charge is 0.383 e. The van der Waals surface area contributed by atoms with Crippen molar-refractivity contribution in [1.82, 2.24) is 4.90 Å². The van der Waals surface area contributed by atoms with Gasteiger partial charge >= 0.3 is 5.69 Å². The van der Waals surface area contributed by atoms with Crippen LogP contribution in [0.4, 0.5) is 11.4 Å². The maximum atomic E-state index is 12.4. The highest BCUT2D eigenvalue weighted by atomic mass is 16.6. The number of para-hydroxylation sites is 1. The Balaban J connectivity index is 2.94. The summed E-state index contributed by atoms with van der Waals surface area (Å²) in [5.74, 6) is -0.397. The van der Waals surface area contributed by atoms with Gasteiger partial charge < -0.3 is 15.0 Å². The quantitative estimate of drug-likeness (QED) is 0.615. The van der Waals surface area contributed by atoms with Crippen molar-refractivity contribution >= 4 is 17.3 Å². The molecule has 0 radical (unpaired) electrons. The molecule has 7 nitrogen and oxygen atoms in total. The Labute approximate surface area is 124 Å². The number of amides is 1. The number of nitrogens with zero attached hydrogens (tertiary/aromatic N) is 2. The molecule has 1 aromatic carbocycles. The zero-order chi connectivity index (χ0) is 16.0. The number of rotatable bonds is 7. The topological polar surface area (TPSA) is 84.7 Å². The van der Waals surface area contributed by atoms with E-state index in [2.05, 4.69) is 5.32 Å². The third kappa shape index (κ3) is 4.42. The van der Waals surface area contributed by atoms with Crippen molar-refractivity contribution in [1.29, 1.82) is 0 Å². The highest BCUT2D eigenvalue weighted by Crippen LogP contribution is 2.28. The minimum Gasteiger partial charge on any atom is -0.383 e.